The zero-order chi connectivity index (χ0) is 13.1. The first-order valence-electron chi connectivity index (χ1n) is 5.25. The molecule has 0 aliphatic heterocycles. The van der Waals surface area contributed by atoms with Gasteiger partial charge in [-0.3, -0.25) is 9.78 Å². The second kappa shape index (κ2) is 5.27. The van der Waals surface area contributed by atoms with Gasteiger partial charge in [0.25, 0.3) is 5.91 Å². The maximum absolute atomic E-state index is 13.4. The SMILES string of the molecule is Cc1ccc(Br)cc1NC(=O)c1ccncc1F. The molecule has 1 N–H and O–H groups in total. The quantitative estimate of drug-likeness (QED) is 0.922. The number of nitrogens with zero attached hydrogens (tertiary/aromatic N) is 1. The van der Waals surface area contributed by atoms with Crippen LogP contribution in [0.2, 0.25) is 0 Å². The van der Waals surface area contributed by atoms with Crippen LogP contribution in [-0.2, 0) is 0 Å². The second-order valence-electron chi connectivity index (χ2n) is 3.77. The molecule has 5 heteroatoms. The molecule has 0 saturated carbocycles. The topological polar surface area (TPSA) is 42.0 Å². The van der Waals surface area contributed by atoms with Crippen molar-refractivity contribution in [1.29, 1.82) is 0 Å². The van der Waals surface area contributed by atoms with E-state index in [-0.39, 0.29) is 5.56 Å². The number of carbonyl (C=O) groups is 1. The largest absolute Gasteiger partial charge is 0.322 e. The van der Waals surface area contributed by atoms with Gasteiger partial charge >= 0.3 is 0 Å². The lowest BCUT2D eigenvalue weighted by Crippen LogP contribution is -2.14. The fraction of sp³-hybridized carbons (Fsp3) is 0.0769. The van der Waals surface area contributed by atoms with Gasteiger partial charge in [-0.2, -0.15) is 0 Å². The maximum atomic E-state index is 13.4. The molecule has 0 radical (unpaired) electrons. The number of anilines is 1. The molecule has 92 valence electrons. The number of pyridine rings is 1. The van der Waals surface area contributed by atoms with Gasteiger partial charge in [-0.25, -0.2) is 4.39 Å². The Labute approximate surface area is 112 Å². The molecular formula is C13H10BrFN2O. The highest BCUT2D eigenvalue weighted by molar-refractivity contribution is 9.10. The zero-order valence-electron chi connectivity index (χ0n) is 9.58. The normalized spacial score (nSPS) is 10.2. The number of halogens is 2. The van der Waals surface area contributed by atoms with Crippen LogP contribution in [0, 0.1) is 12.7 Å². The Morgan fingerprint density at radius 2 is 2.17 bits per heavy atom. The van der Waals surface area contributed by atoms with E-state index in [4.69, 9.17) is 0 Å². The summed E-state index contributed by atoms with van der Waals surface area (Å²) in [7, 11) is 0. The number of carbonyl (C=O) groups excluding carboxylic acids is 1. The highest BCUT2D eigenvalue weighted by Gasteiger charge is 2.12. The summed E-state index contributed by atoms with van der Waals surface area (Å²) in [5, 5.41) is 2.67. The van der Waals surface area contributed by atoms with Crippen LogP contribution in [0.4, 0.5) is 10.1 Å². The molecule has 0 atom stereocenters. The molecule has 0 aliphatic carbocycles. The number of nitrogens with one attached hydrogen (secondary N) is 1. The van der Waals surface area contributed by atoms with E-state index >= 15 is 0 Å². The summed E-state index contributed by atoms with van der Waals surface area (Å²) in [4.78, 5) is 15.5. The standard InChI is InChI=1S/C13H10BrFN2O/c1-8-2-3-9(14)6-12(8)17-13(18)10-4-5-16-7-11(10)15/h2-7H,1H3,(H,17,18). The van der Waals surface area contributed by atoms with Gasteiger partial charge in [0.05, 0.1) is 11.8 Å². The first-order valence-corrected chi connectivity index (χ1v) is 6.04. The summed E-state index contributed by atoms with van der Waals surface area (Å²) in [5.74, 6) is -1.13. The predicted molar refractivity (Wildman–Crippen MR) is 71.0 cm³/mol. The fourth-order valence-corrected chi connectivity index (χ4v) is 1.84. The van der Waals surface area contributed by atoms with E-state index in [1.54, 1.807) is 6.07 Å². The first kappa shape index (κ1) is 12.7. The Morgan fingerprint density at radius 1 is 1.39 bits per heavy atom. The third kappa shape index (κ3) is 2.73. The van der Waals surface area contributed by atoms with Crippen molar-refractivity contribution >= 4 is 27.5 Å². The number of hydrogen-bond acceptors (Lipinski definition) is 2. The van der Waals surface area contributed by atoms with Crippen LogP contribution in [-0.4, -0.2) is 10.9 Å². The molecule has 18 heavy (non-hydrogen) atoms. The van der Waals surface area contributed by atoms with Gasteiger partial charge in [0, 0.05) is 16.4 Å². The Kier molecular flexibility index (Phi) is 3.72. The van der Waals surface area contributed by atoms with Crippen molar-refractivity contribution < 1.29 is 9.18 Å². The fourth-order valence-electron chi connectivity index (χ4n) is 1.48. The average Bonchev–Trinajstić information content (AvgIpc) is 2.34. The number of rotatable bonds is 2. The van der Waals surface area contributed by atoms with Crippen molar-refractivity contribution in [3.63, 3.8) is 0 Å². The molecule has 0 spiro atoms. The average molecular weight is 309 g/mol. The molecule has 1 heterocycles. The number of aromatic nitrogens is 1. The Bertz CT molecular complexity index is 601. The van der Waals surface area contributed by atoms with Crippen molar-refractivity contribution in [2.75, 3.05) is 5.32 Å². The molecule has 1 aromatic heterocycles. The second-order valence-corrected chi connectivity index (χ2v) is 4.68. The van der Waals surface area contributed by atoms with Crippen molar-refractivity contribution in [3.05, 3.63) is 58.1 Å². The first-order chi connectivity index (χ1) is 8.58. The summed E-state index contributed by atoms with van der Waals surface area (Å²) < 4.78 is 14.2. The summed E-state index contributed by atoms with van der Waals surface area (Å²) in [5.41, 5.74) is 1.52. The van der Waals surface area contributed by atoms with Crippen molar-refractivity contribution in [2.45, 2.75) is 6.92 Å². The lowest BCUT2D eigenvalue weighted by molar-refractivity contribution is 0.102. The van der Waals surface area contributed by atoms with E-state index in [0.29, 0.717) is 5.69 Å². The summed E-state index contributed by atoms with van der Waals surface area (Å²) in [6.07, 6.45) is 2.40. The minimum absolute atomic E-state index is 0.0237. The number of aryl methyl sites for hydroxylation is 1. The van der Waals surface area contributed by atoms with Crippen LogP contribution < -0.4 is 5.32 Å². The number of benzene rings is 1. The minimum Gasteiger partial charge on any atom is -0.322 e. The van der Waals surface area contributed by atoms with E-state index in [0.717, 1.165) is 16.2 Å². The highest BCUT2D eigenvalue weighted by Crippen LogP contribution is 2.21. The van der Waals surface area contributed by atoms with Crippen molar-refractivity contribution in [1.82, 2.24) is 4.98 Å². The van der Waals surface area contributed by atoms with Crippen LogP contribution >= 0.6 is 15.9 Å². The summed E-state index contributed by atoms with van der Waals surface area (Å²) in [6.45, 7) is 1.87. The van der Waals surface area contributed by atoms with Crippen LogP contribution in [0.3, 0.4) is 0 Å². The van der Waals surface area contributed by atoms with Crippen molar-refractivity contribution in [2.24, 2.45) is 0 Å². The minimum atomic E-state index is -0.636. The summed E-state index contributed by atoms with van der Waals surface area (Å²) in [6, 6.07) is 6.85. The third-order valence-corrected chi connectivity index (χ3v) is 2.96. The van der Waals surface area contributed by atoms with Gasteiger partial charge in [-0.05, 0) is 30.7 Å². The van der Waals surface area contributed by atoms with Gasteiger partial charge in [0.1, 0.15) is 0 Å². The molecule has 2 aromatic rings. The van der Waals surface area contributed by atoms with Crippen LogP contribution in [0.1, 0.15) is 15.9 Å². The van der Waals surface area contributed by atoms with E-state index in [2.05, 4.69) is 26.2 Å². The molecule has 0 saturated heterocycles. The van der Waals surface area contributed by atoms with Gasteiger partial charge in [0.2, 0.25) is 0 Å². The molecule has 1 amide bonds. The molecule has 1 aromatic carbocycles. The van der Waals surface area contributed by atoms with Gasteiger partial charge in [0.15, 0.2) is 5.82 Å². The number of amides is 1. The number of hydrogen-bond donors (Lipinski definition) is 1. The Balaban J connectivity index is 2.27. The van der Waals surface area contributed by atoms with E-state index in [1.165, 1.54) is 12.3 Å². The lowest BCUT2D eigenvalue weighted by atomic mass is 10.2. The van der Waals surface area contributed by atoms with Gasteiger partial charge < -0.3 is 5.32 Å². The monoisotopic (exact) mass is 308 g/mol. The molecule has 0 unspecified atom stereocenters. The predicted octanol–water partition coefficient (Wildman–Crippen LogP) is 3.54. The van der Waals surface area contributed by atoms with Gasteiger partial charge in [-0.15, -0.1) is 0 Å². The van der Waals surface area contributed by atoms with Gasteiger partial charge in [-0.1, -0.05) is 22.0 Å². The lowest BCUT2D eigenvalue weighted by Gasteiger charge is -2.09. The molecule has 0 aliphatic rings. The van der Waals surface area contributed by atoms with Crippen LogP contribution in [0.15, 0.2) is 41.1 Å². The van der Waals surface area contributed by atoms with Crippen LogP contribution in [0.5, 0.6) is 0 Å². The van der Waals surface area contributed by atoms with E-state index in [1.807, 2.05) is 19.1 Å². The zero-order valence-corrected chi connectivity index (χ0v) is 11.2. The molecule has 0 fully saturated rings. The van der Waals surface area contributed by atoms with E-state index in [9.17, 15) is 9.18 Å². The van der Waals surface area contributed by atoms with Crippen molar-refractivity contribution in [3.8, 4) is 0 Å². The van der Waals surface area contributed by atoms with E-state index < -0.39 is 11.7 Å². The molecule has 2 rings (SSSR count). The third-order valence-electron chi connectivity index (χ3n) is 2.46. The molecule has 3 nitrogen and oxygen atoms in total. The Hall–Kier alpha value is -1.75. The molecular weight excluding hydrogens is 299 g/mol. The maximum Gasteiger partial charge on any atom is 0.258 e. The highest BCUT2D eigenvalue weighted by atomic mass is 79.9. The smallest absolute Gasteiger partial charge is 0.258 e. The van der Waals surface area contributed by atoms with Crippen LogP contribution in [0.25, 0.3) is 0 Å². The summed E-state index contributed by atoms with van der Waals surface area (Å²) >= 11 is 3.32. The Morgan fingerprint density at radius 3 is 2.89 bits per heavy atom. The molecule has 0 bridgehead atoms.